The summed E-state index contributed by atoms with van der Waals surface area (Å²) in [6, 6.07) is 6.92. The fourth-order valence-electron chi connectivity index (χ4n) is 1.97. The van der Waals surface area contributed by atoms with E-state index in [-0.39, 0.29) is 6.61 Å². The van der Waals surface area contributed by atoms with Crippen LogP contribution in [0.15, 0.2) is 18.2 Å². The molecule has 0 amide bonds. The molecule has 19 heavy (non-hydrogen) atoms. The van der Waals surface area contributed by atoms with Crippen molar-refractivity contribution in [3.05, 3.63) is 29.3 Å². The molecule has 4 heteroatoms. The zero-order valence-electron chi connectivity index (χ0n) is 11.5. The molecule has 0 heterocycles. The number of hydrogen-bond acceptors (Lipinski definition) is 4. The van der Waals surface area contributed by atoms with Crippen LogP contribution in [0.25, 0.3) is 0 Å². The monoisotopic (exact) mass is 265 g/mol. The van der Waals surface area contributed by atoms with Crippen LogP contribution < -0.4 is 10.1 Å². The summed E-state index contributed by atoms with van der Waals surface area (Å²) in [5, 5.41) is 12.1. The van der Waals surface area contributed by atoms with Crippen LogP contribution in [0.1, 0.15) is 24.0 Å². The Labute approximate surface area is 114 Å². The van der Waals surface area contributed by atoms with Crippen LogP contribution in [0.3, 0.4) is 0 Å². The number of para-hydroxylation sites is 1. The number of rotatable bonds is 9. The Kier molecular flexibility index (Phi) is 5.63. The normalized spacial score (nSPS) is 14.6. The molecule has 0 atom stereocenters. The summed E-state index contributed by atoms with van der Waals surface area (Å²) >= 11 is 0. The highest BCUT2D eigenvalue weighted by Gasteiger charge is 2.20. The molecule has 106 valence electrons. The predicted octanol–water partition coefficient (Wildman–Crippen LogP) is 1.63. The largest absolute Gasteiger partial charge is 0.491 e. The molecule has 4 nitrogen and oxygen atoms in total. The van der Waals surface area contributed by atoms with Gasteiger partial charge in [0.05, 0.1) is 19.8 Å². The van der Waals surface area contributed by atoms with Gasteiger partial charge in [0.2, 0.25) is 0 Å². The summed E-state index contributed by atoms with van der Waals surface area (Å²) < 4.78 is 11.0. The first-order valence-corrected chi connectivity index (χ1v) is 6.94. The highest BCUT2D eigenvalue weighted by Crippen LogP contribution is 2.25. The predicted molar refractivity (Wildman–Crippen MR) is 74.4 cm³/mol. The average molecular weight is 265 g/mol. The number of nitrogens with one attached hydrogen (secondary N) is 1. The average Bonchev–Trinajstić information content (AvgIpc) is 3.22. The van der Waals surface area contributed by atoms with Gasteiger partial charge in [-0.05, 0) is 25.3 Å². The Morgan fingerprint density at radius 3 is 2.84 bits per heavy atom. The maximum atomic E-state index is 8.62. The Morgan fingerprint density at radius 1 is 1.26 bits per heavy atom. The van der Waals surface area contributed by atoms with Gasteiger partial charge in [-0.3, -0.25) is 0 Å². The standard InChI is InChI=1S/C15H23NO3/c1-12-3-2-4-13(11-16-14-5-6-14)15(12)19-10-9-18-8-7-17/h2-4,14,16-17H,5-11H2,1H3. The van der Waals surface area contributed by atoms with Gasteiger partial charge in [-0.15, -0.1) is 0 Å². The molecule has 0 aromatic heterocycles. The summed E-state index contributed by atoms with van der Waals surface area (Å²) in [5.74, 6) is 0.961. The number of benzene rings is 1. The summed E-state index contributed by atoms with van der Waals surface area (Å²) in [6.07, 6.45) is 2.58. The second kappa shape index (κ2) is 7.48. The van der Waals surface area contributed by atoms with Gasteiger partial charge in [-0.2, -0.15) is 0 Å². The highest BCUT2D eigenvalue weighted by molar-refractivity contribution is 5.40. The van der Waals surface area contributed by atoms with Gasteiger partial charge in [0.25, 0.3) is 0 Å². The van der Waals surface area contributed by atoms with Gasteiger partial charge in [0.15, 0.2) is 0 Å². The van der Waals surface area contributed by atoms with E-state index in [1.807, 2.05) is 0 Å². The molecule has 1 aromatic carbocycles. The van der Waals surface area contributed by atoms with E-state index in [9.17, 15) is 0 Å². The minimum Gasteiger partial charge on any atom is -0.491 e. The van der Waals surface area contributed by atoms with Crippen molar-refractivity contribution in [2.24, 2.45) is 0 Å². The summed E-state index contributed by atoms with van der Waals surface area (Å²) in [5.41, 5.74) is 2.35. The molecule has 0 unspecified atom stereocenters. The van der Waals surface area contributed by atoms with E-state index in [1.165, 1.54) is 18.4 Å². The van der Waals surface area contributed by atoms with Gasteiger partial charge >= 0.3 is 0 Å². The molecule has 0 saturated heterocycles. The number of ether oxygens (including phenoxy) is 2. The Hall–Kier alpha value is -1.10. The summed E-state index contributed by atoms with van der Waals surface area (Å²) in [7, 11) is 0. The molecule has 1 saturated carbocycles. The van der Waals surface area contributed by atoms with Gasteiger partial charge < -0.3 is 19.9 Å². The van der Waals surface area contributed by atoms with Crippen molar-refractivity contribution in [2.45, 2.75) is 32.4 Å². The molecular formula is C15H23NO3. The summed E-state index contributed by atoms with van der Waals surface area (Å²) in [4.78, 5) is 0. The van der Waals surface area contributed by atoms with Crippen LogP contribution in [-0.2, 0) is 11.3 Å². The fourth-order valence-corrected chi connectivity index (χ4v) is 1.97. The van der Waals surface area contributed by atoms with Crippen molar-refractivity contribution in [1.29, 1.82) is 0 Å². The molecule has 0 bridgehead atoms. The SMILES string of the molecule is Cc1cccc(CNC2CC2)c1OCCOCCO. The van der Waals surface area contributed by atoms with Crippen molar-refractivity contribution in [1.82, 2.24) is 5.32 Å². The quantitative estimate of drug-likeness (QED) is 0.666. The lowest BCUT2D eigenvalue weighted by atomic mass is 10.1. The molecule has 1 fully saturated rings. The lowest BCUT2D eigenvalue weighted by molar-refractivity contribution is 0.0701. The maximum absolute atomic E-state index is 8.62. The number of hydrogen-bond donors (Lipinski definition) is 2. The van der Waals surface area contributed by atoms with E-state index in [2.05, 4.69) is 30.4 Å². The zero-order chi connectivity index (χ0) is 13.5. The number of aliphatic hydroxyl groups excluding tert-OH is 1. The van der Waals surface area contributed by atoms with Crippen molar-refractivity contribution in [2.75, 3.05) is 26.4 Å². The van der Waals surface area contributed by atoms with Crippen molar-refractivity contribution in [3.8, 4) is 5.75 Å². The third-order valence-corrected chi connectivity index (χ3v) is 3.16. The van der Waals surface area contributed by atoms with Gasteiger partial charge in [-0.25, -0.2) is 0 Å². The van der Waals surface area contributed by atoms with Gasteiger partial charge in [-0.1, -0.05) is 18.2 Å². The van der Waals surface area contributed by atoms with Crippen molar-refractivity contribution >= 4 is 0 Å². The third kappa shape index (κ3) is 4.82. The molecule has 2 rings (SSSR count). The molecule has 2 N–H and O–H groups in total. The third-order valence-electron chi connectivity index (χ3n) is 3.16. The minimum atomic E-state index is 0.0565. The van der Waals surface area contributed by atoms with E-state index in [1.54, 1.807) is 0 Å². The van der Waals surface area contributed by atoms with Crippen LogP contribution in [0.4, 0.5) is 0 Å². The minimum absolute atomic E-state index is 0.0565. The molecule has 1 aliphatic carbocycles. The Morgan fingerprint density at radius 2 is 2.11 bits per heavy atom. The maximum Gasteiger partial charge on any atom is 0.126 e. The van der Waals surface area contributed by atoms with E-state index in [0.29, 0.717) is 25.9 Å². The first kappa shape index (κ1) is 14.3. The van der Waals surface area contributed by atoms with E-state index in [0.717, 1.165) is 17.9 Å². The Bertz CT molecular complexity index is 391. The lowest BCUT2D eigenvalue weighted by Gasteiger charge is -2.14. The van der Waals surface area contributed by atoms with Crippen LogP contribution in [0.5, 0.6) is 5.75 Å². The number of aryl methyl sites for hydroxylation is 1. The molecule has 1 aromatic rings. The smallest absolute Gasteiger partial charge is 0.126 e. The molecule has 0 aliphatic heterocycles. The molecule has 0 radical (unpaired) electrons. The fraction of sp³-hybridized carbons (Fsp3) is 0.600. The van der Waals surface area contributed by atoms with Crippen LogP contribution in [0, 0.1) is 6.92 Å². The second-order valence-electron chi connectivity index (χ2n) is 4.90. The van der Waals surface area contributed by atoms with E-state index < -0.39 is 0 Å². The molecular weight excluding hydrogens is 242 g/mol. The van der Waals surface area contributed by atoms with Crippen LogP contribution >= 0.6 is 0 Å². The first-order chi connectivity index (χ1) is 9.31. The highest BCUT2D eigenvalue weighted by atomic mass is 16.5. The Balaban J connectivity index is 1.84. The van der Waals surface area contributed by atoms with Crippen molar-refractivity contribution in [3.63, 3.8) is 0 Å². The van der Waals surface area contributed by atoms with Crippen LogP contribution in [-0.4, -0.2) is 37.6 Å². The summed E-state index contributed by atoms with van der Waals surface area (Å²) in [6.45, 7) is 4.36. The lowest BCUT2D eigenvalue weighted by Crippen LogP contribution is -2.17. The number of aliphatic hydroxyl groups is 1. The van der Waals surface area contributed by atoms with E-state index in [4.69, 9.17) is 14.6 Å². The first-order valence-electron chi connectivity index (χ1n) is 6.94. The van der Waals surface area contributed by atoms with Crippen molar-refractivity contribution < 1.29 is 14.6 Å². The van der Waals surface area contributed by atoms with Gasteiger partial charge in [0.1, 0.15) is 12.4 Å². The van der Waals surface area contributed by atoms with Crippen LogP contribution in [0.2, 0.25) is 0 Å². The second-order valence-corrected chi connectivity index (χ2v) is 4.90. The van der Waals surface area contributed by atoms with Gasteiger partial charge in [0, 0.05) is 18.2 Å². The topological polar surface area (TPSA) is 50.7 Å². The zero-order valence-corrected chi connectivity index (χ0v) is 11.5. The molecule has 1 aliphatic rings. The molecule has 0 spiro atoms. The van der Waals surface area contributed by atoms with E-state index >= 15 is 0 Å².